The zero-order valence-corrected chi connectivity index (χ0v) is 21.5. The third-order valence-corrected chi connectivity index (χ3v) is 6.48. The maximum absolute atomic E-state index is 13.4. The summed E-state index contributed by atoms with van der Waals surface area (Å²) in [4.78, 5) is 36.6. The van der Waals surface area contributed by atoms with Crippen molar-refractivity contribution in [2.75, 3.05) is 32.5 Å². The molecular formula is C25H30N8O5. The van der Waals surface area contributed by atoms with Gasteiger partial charge in [-0.3, -0.25) is 9.59 Å². The number of likely N-dealkylation sites (tertiary alicyclic amines) is 1. The van der Waals surface area contributed by atoms with Crippen molar-refractivity contribution in [3.8, 4) is 11.5 Å². The second-order valence-electron chi connectivity index (χ2n) is 9.52. The molecule has 4 heterocycles. The highest BCUT2D eigenvalue weighted by Crippen LogP contribution is 2.29. The molecular weight excluding hydrogens is 492 g/mol. The van der Waals surface area contributed by atoms with Gasteiger partial charge in [-0.25, -0.2) is 14.6 Å². The summed E-state index contributed by atoms with van der Waals surface area (Å²) in [6.07, 6.45) is 1.29. The van der Waals surface area contributed by atoms with Gasteiger partial charge in [0.05, 0.1) is 38.6 Å². The fourth-order valence-electron chi connectivity index (χ4n) is 4.44. The van der Waals surface area contributed by atoms with Crippen LogP contribution in [0.5, 0.6) is 11.5 Å². The third-order valence-electron chi connectivity index (χ3n) is 6.48. The van der Waals surface area contributed by atoms with E-state index in [4.69, 9.17) is 19.9 Å². The number of nitrogens with one attached hydrogen (secondary N) is 1. The fraction of sp³-hybridized carbons (Fsp3) is 0.440. The number of nitrogen functional groups attached to an aromatic ring is 1. The lowest BCUT2D eigenvalue weighted by Gasteiger charge is -2.20. The number of anilines is 1. The Morgan fingerprint density at radius 3 is 2.87 bits per heavy atom. The van der Waals surface area contributed by atoms with Gasteiger partial charge in [-0.2, -0.15) is 0 Å². The van der Waals surface area contributed by atoms with Crippen LogP contribution in [0.3, 0.4) is 0 Å². The number of carbonyl (C=O) groups is 2. The number of hydrogen-bond donors (Lipinski definition) is 2. The van der Waals surface area contributed by atoms with Crippen molar-refractivity contribution >= 4 is 17.8 Å². The van der Waals surface area contributed by atoms with Crippen molar-refractivity contribution in [1.82, 2.24) is 35.2 Å². The molecule has 4 bridgehead atoms. The largest absolute Gasteiger partial charge is 0.493 e. The number of aromatic nitrogens is 5. The normalized spacial score (nSPS) is 19.7. The molecule has 1 fully saturated rings. The Morgan fingerprint density at radius 2 is 2.08 bits per heavy atom. The number of nitrogens with zero attached hydrogens (tertiary/aromatic N) is 6. The number of benzene rings is 1. The number of amides is 2. The Morgan fingerprint density at radius 1 is 1.24 bits per heavy atom. The minimum atomic E-state index is -0.490. The maximum Gasteiger partial charge on any atom is 0.272 e. The minimum absolute atomic E-state index is 0.0402. The van der Waals surface area contributed by atoms with Gasteiger partial charge in [0.1, 0.15) is 18.0 Å². The van der Waals surface area contributed by atoms with E-state index >= 15 is 0 Å². The van der Waals surface area contributed by atoms with E-state index in [-0.39, 0.29) is 49.1 Å². The average molecular weight is 523 g/mol. The molecule has 200 valence electrons. The van der Waals surface area contributed by atoms with Gasteiger partial charge in [0, 0.05) is 24.3 Å². The molecule has 5 rings (SSSR count). The summed E-state index contributed by atoms with van der Waals surface area (Å²) in [5, 5.41) is 11.3. The molecule has 13 heteroatoms. The zero-order valence-electron chi connectivity index (χ0n) is 21.5. The molecule has 2 aliphatic heterocycles. The second kappa shape index (κ2) is 10.6. The lowest BCUT2D eigenvalue weighted by molar-refractivity contribution is 0.0290. The van der Waals surface area contributed by atoms with Crippen LogP contribution in [0.25, 0.3) is 0 Å². The predicted octanol–water partition coefficient (Wildman–Crippen LogP) is 1.01. The van der Waals surface area contributed by atoms with Crippen LogP contribution in [0.15, 0.2) is 30.5 Å². The van der Waals surface area contributed by atoms with E-state index in [1.165, 1.54) is 7.11 Å². The van der Waals surface area contributed by atoms with Crippen molar-refractivity contribution in [1.29, 1.82) is 0 Å². The molecule has 13 nitrogen and oxygen atoms in total. The number of nitrogens with two attached hydrogens (primary N) is 1. The minimum Gasteiger partial charge on any atom is -0.493 e. The molecule has 38 heavy (non-hydrogen) atoms. The van der Waals surface area contributed by atoms with E-state index in [0.29, 0.717) is 41.6 Å². The molecule has 2 aliphatic rings. The number of rotatable bonds is 3. The summed E-state index contributed by atoms with van der Waals surface area (Å²) in [7, 11) is 1.54. The van der Waals surface area contributed by atoms with Crippen LogP contribution in [0.4, 0.5) is 5.95 Å². The molecule has 2 atom stereocenters. The lowest BCUT2D eigenvalue weighted by atomic mass is 10.1. The summed E-state index contributed by atoms with van der Waals surface area (Å²) in [6.45, 7) is 5.32. The standard InChI is InChI=1S/C25H30N8O5/c1-14(2)17-9-18(29-25(26)28-17)24(35)32-11-19-22(12-32)38-13-16-10-33(31-30-16)6-7-37-21-8-15(23(34)27-19)4-5-20(21)36-3/h4-5,8-10,14,19,22H,6-7,11-13H2,1-3H3,(H,27,34)(H2,26,28,29)/t19-,22-/m0/s1. The van der Waals surface area contributed by atoms with E-state index in [2.05, 4.69) is 25.6 Å². The molecule has 0 aliphatic carbocycles. The highest BCUT2D eigenvalue weighted by molar-refractivity contribution is 5.96. The maximum atomic E-state index is 13.4. The summed E-state index contributed by atoms with van der Waals surface area (Å²) in [6, 6.07) is 6.14. The van der Waals surface area contributed by atoms with Crippen molar-refractivity contribution in [2.45, 2.75) is 45.1 Å². The van der Waals surface area contributed by atoms with E-state index in [0.717, 1.165) is 0 Å². The van der Waals surface area contributed by atoms with Gasteiger partial charge in [0.2, 0.25) is 5.95 Å². The molecule has 0 spiro atoms. The molecule has 0 radical (unpaired) electrons. The van der Waals surface area contributed by atoms with Gasteiger partial charge in [0.15, 0.2) is 11.5 Å². The first-order chi connectivity index (χ1) is 18.3. The van der Waals surface area contributed by atoms with Crippen LogP contribution >= 0.6 is 0 Å². The number of fused-ring (bicyclic) bond motifs is 5. The Bertz CT molecular complexity index is 1340. The summed E-state index contributed by atoms with van der Waals surface area (Å²) >= 11 is 0. The zero-order chi connectivity index (χ0) is 26.8. The van der Waals surface area contributed by atoms with Gasteiger partial charge in [-0.05, 0) is 30.2 Å². The van der Waals surface area contributed by atoms with Crippen LogP contribution in [-0.2, 0) is 17.9 Å². The van der Waals surface area contributed by atoms with Gasteiger partial charge in [-0.1, -0.05) is 19.1 Å². The van der Waals surface area contributed by atoms with E-state index in [1.807, 2.05) is 13.8 Å². The highest BCUT2D eigenvalue weighted by Gasteiger charge is 2.38. The van der Waals surface area contributed by atoms with Gasteiger partial charge >= 0.3 is 0 Å². The van der Waals surface area contributed by atoms with Crippen LogP contribution in [0, 0.1) is 0 Å². The Hall–Kier alpha value is -4.26. The van der Waals surface area contributed by atoms with E-state index < -0.39 is 12.1 Å². The van der Waals surface area contributed by atoms with Crippen LogP contribution in [0.1, 0.15) is 52.0 Å². The smallest absolute Gasteiger partial charge is 0.272 e. The number of ether oxygens (including phenoxy) is 3. The first-order valence-electron chi connectivity index (χ1n) is 12.4. The summed E-state index contributed by atoms with van der Waals surface area (Å²) < 4.78 is 19.1. The fourth-order valence-corrected chi connectivity index (χ4v) is 4.44. The quantitative estimate of drug-likeness (QED) is 0.508. The van der Waals surface area contributed by atoms with Crippen molar-refractivity contribution < 1.29 is 23.8 Å². The van der Waals surface area contributed by atoms with Crippen LogP contribution in [-0.4, -0.2) is 80.6 Å². The molecule has 1 saturated heterocycles. The molecule has 2 aromatic heterocycles. The Labute approximate surface area is 219 Å². The Balaban J connectivity index is 1.42. The first-order valence-corrected chi connectivity index (χ1v) is 12.4. The third kappa shape index (κ3) is 5.37. The second-order valence-corrected chi connectivity index (χ2v) is 9.52. The van der Waals surface area contributed by atoms with Crippen LogP contribution < -0.4 is 20.5 Å². The van der Waals surface area contributed by atoms with Crippen molar-refractivity contribution in [3.05, 3.63) is 53.1 Å². The summed E-state index contributed by atoms with van der Waals surface area (Å²) in [5.74, 6) is 0.429. The van der Waals surface area contributed by atoms with E-state index in [1.54, 1.807) is 40.0 Å². The SMILES string of the molecule is COc1ccc2cc1OCCn1cc(nn1)CO[C@H]1CN(C(=O)c3cc(C(C)C)nc(N)n3)C[C@@H]1NC2=O. The average Bonchev–Trinajstić information content (AvgIpc) is 3.52. The number of hydrogen-bond acceptors (Lipinski definition) is 10. The van der Waals surface area contributed by atoms with Crippen LogP contribution in [0.2, 0.25) is 0 Å². The number of methoxy groups -OCH3 is 1. The lowest BCUT2D eigenvalue weighted by Crippen LogP contribution is -2.44. The predicted molar refractivity (Wildman–Crippen MR) is 135 cm³/mol. The molecule has 2 amide bonds. The molecule has 3 N–H and O–H groups in total. The summed E-state index contributed by atoms with van der Waals surface area (Å²) in [5.41, 5.74) is 7.77. The molecule has 0 unspecified atom stereocenters. The molecule has 1 aromatic carbocycles. The van der Waals surface area contributed by atoms with Gasteiger partial charge in [0.25, 0.3) is 11.8 Å². The highest BCUT2D eigenvalue weighted by atomic mass is 16.5. The van der Waals surface area contributed by atoms with Crippen molar-refractivity contribution in [2.24, 2.45) is 0 Å². The number of carbonyl (C=O) groups excluding carboxylic acids is 2. The Kier molecular flexibility index (Phi) is 7.09. The molecule has 0 saturated carbocycles. The molecule has 3 aromatic rings. The van der Waals surface area contributed by atoms with Crippen molar-refractivity contribution in [3.63, 3.8) is 0 Å². The van der Waals surface area contributed by atoms with Gasteiger partial charge < -0.3 is 30.2 Å². The van der Waals surface area contributed by atoms with E-state index in [9.17, 15) is 9.59 Å². The monoisotopic (exact) mass is 522 g/mol. The topological polar surface area (TPSA) is 160 Å². The first kappa shape index (κ1) is 25.4. The van der Waals surface area contributed by atoms with Gasteiger partial charge in [-0.15, -0.1) is 5.10 Å².